The second-order valence-corrected chi connectivity index (χ2v) is 1.13. The summed E-state index contributed by atoms with van der Waals surface area (Å²) in [5, 5.41) is 7.92. The van der Waals surface area contributed by atoms with Gasteiger partial charge in [-0.3, -0.25) is 10.2 Å². The molecule has 0 aromatic rings. The summed E-state index contributed by atoms with van der Waals surface area (Å²) in [7, 11) is 1.56. The Labute approximate surface area is 47.5 Å². The number of carbonyl (C=O) groups is 1. The smallest absolute Gasteiger partial charge is 0.248 e. The molecule has 0 aromatic heterocycles. The molecule has 0 saturated carbocycles. The molecule has 0 aliphatic rings. The van der Waals surface area contributed by atoms with Crippen LogP contribution in [-0.2, 0) is 4.79 Å². The average molecular weight is 113 g/mol. The van der Waals surface area contributed by atoms with Crippen LogP contribution in [0.5, 0.6) is 0 Å². The molecule has 0 aromatic carbocycles. The van der Waals surface area contributed by atoms with Crippen LogP contribution in [0.4, 0.5) is 0 Å². The summed E-state index contributed by atoms with van der Waals surface area (Å²) in [5.74, 6) is -0.310. The SMILES string of the molecule is CNNC(=O)CC#N. The van der Waals surface area contributed by atoms with E-state index in [2.05, 4.69) is 10.9 Å². The third-order valence-corrected chi connectivity index (χ3v) is 0.504. The highest BCUT2D eigenvalue weighted by Gasteiger charge is 1.93. The van der Waals surface area contributed by atoms with Gasteiger partial charge in [-0.15, -0.1) is 0 Å². The van der Waals surface area contributed by atoms with E-state index in [1.165, 1.54) is 0 Å². The van der Waals surface area contributed by atoms with E-state index in [0.29, 0.717) is 0 Å². The Kier molecular flexibility index (Phi) is 3.54. The lowest BCUT2D eigenvalue weighted by molar-refractivity contribution is -0.120. The molecule has 1 amide bonds. The zero-order valence-electron chi connectivity index (χ0n) is 4.56. The average Bonchev–Trinajstić information content (AvgIpc) is 1.68. The van der Waals surface area contributed by atoms with Crippen LogP contribution in [0.1, 0.15) is 6.42 Å². The molecule has 2 N–H and O–H groups in total. The van der Waals surface area contributed by atoms with Crippen molar-refractivity contribution in [2.45, 2.75) is 6.42 Å². The zero-order valence-corrected chi connectivity index (χ0v) is 4.56. The largest absolute Gasteiger partial charge is 0.291 e. The van der Waals surface area contributed by atoms with Crippen molar-refractivity contribution >= 4 is 5.91 Å². The van der Waals surface area contributed by atoms with Crippen LogP contribution >= 0.6 is 0 Å². The Morgan fingerprint density at radius 1 is 1.88 bits per heavy atom. The van der Waals surface area contributed by atoms with E-state index < -0.39 is 0 Å². The molecule has 44 valence electrons. The number of hydrazine groups is 1. The predicted octanol–water partition coefficient (Wildman–Crippen LogP) is -0.849. The van der Waals surface area contributed by atoms with Crippen LogP contribution < -0.4 is 10.9 Å². The van der Waals surface area contributed by atoms with Crippen molar-refractivity contribution in [3.8, 4) is 6.07 Å². The topological polar surface area (TPSA) is 64.9 Å². The summed E-state index contributed by atoms with van der Waals surface area (Å²) in [5.41, 5.74) is 4.64. The number of nitrogens with one attached hydrogen (secondary N) is 2. The fourth-order valence-electron chi connectivity index (χ4n) is 0.255. The lowest BCUT2D eigenvalue weighted by atomic mass is 10.5. The normalized spacial score (nSPS) is 7.50. The van der Waals surface area contributed by atoms with Gasteiger partial charge < -0.3 is 0 Å². The first-order valence-electron chi connectivity index (χ1n) is 2.13. The van der Waals surface area contributed by atoms with E-state index in [9.17, 15) is 4.79 Å². The Hall–Kier alpha value is -1.08. The number of amides is 1. The van der Waals surface area contributed by atoms with Crippen LogP contribution in [0, 0.1) is 11.3 Å². The van der Waals surface area contributed by atoms with Gasteiger partial charge in [-0.2, -0.15) is 5.26 Å². The van der Waals surface area contributed by atoms with Gasteiger partial charge in [0.05, 0.1) is 6.07 Å². The minimum absolute atomic E-state index is 0.0964. The zero-order chi connectivity index (χ0) is 6.41. The number of hydrogen-bond donors (Lipinski definition) is 2. The highest BCUT2D eigenvalue weighted by Crippen LogP contribution is 1.69. The molecular formula is C4H7N3O. The van der Waals surface area contributed by atoms with Crippen LogP contribution in [0.25, 0.3) is 0 Å². The summed E-state index contributed by atoms with van der Waals surface area (Å²) < 4.78 is 0. The fourth-order valence-corrected chi connectivity index (χ4v) is 0.255. The lowest BCUT2D eigenvalue weighted by Crippen LogP contribution is -2.33. The Morgan fingerprint density at radius 3 is 2.88 bits per heavy atom. The highest BCUT2D eigenvalue weighted by atomic mass is 16.2. The van der Waals surface area contributed by atoms with E-state index in [4.69, 9.17) is 5.26 Å². The number of nitriles is 1. The molecule has 0 unspecified atom stereocenters. The Morgan fingerprint density at radius 2 is 2.50 bits per heavy atom. The molecule has 0 aliphatic heterocycles. The van der Waals surface area contributed by atoms with Gasteiger partial charge >= 0.3 is 0 Å². The third kappa shape index (κ3) is 3.12. The molecule has 0 saturated heterocycles. The van der Waals surface area contributed by atoms with Gasteiger partial charge in [0.1, 0.15) is 6.42 Å². The van der Waals surface area contributed by atoms with Gasteiger partial charge in [-0.25, -0.2) is 5.43 Å². The second kappa shape index (κ2) is 4.09. The van der Waals surface area contributed by atoms with Crippen LogP contribution in [-0.4, -0.2) is 13.0 Å². The fraction of sp³-hybridized carbons (Fsp3) is 0.500. The quantitative estimate of drug-likeness (QED) is 0.458. The molecule has 0 heterocycles. The number of hydrogen-bond acceptors (Lipinski definition) is 3. The second-order valence-electron chi connectivity index (χ2n) is 1.13. The first kappa shape index (κ1) is 6.92. The van der Waals surface area contributed by atoms with Gasteiger partial charge in [0, 0.05) is 7.05 Å². The molecule has 8 heavy (non-hydrogen) atoms. The Balaban J connectivity index is 3.23. The van der Waals surface area contributed by atoms with E-state index >= 15 is 0 Å². The first-order chi connectivity index (χ1) is 3.81. The molecule has 0 radical (unpaired) electrons. The first-order valence-corrected chi connectivity index (χ1v) is 2.13. The van der Waals surface area contributed by atoms with Gasteiger partial charge in [-0.05, 0) is 0 Å². The summed E-state index contributed by atoms with van der Waals surface area (Å²) in [6, 6.07) is 1.70. The third-order valence-electron chi connectivity index (χ3n) is 0.504. The van der Waals surface area contributed by atoms with Gasteiger partial charge in [0.2, 0.25) is 5.91 Å². The number of nitrogens with zero attached hydrogens (tertiary/aromatic N) is 1. The molecule has 0 atom stereocenters. The molecule has 4 nitrogen and oxygen atoms in total. The van der Waals surface area contributed by atoms with Crippen LogP contribution in [0.2, 0.25) is 0 Å². The monoisotopic (exact) mass is 113 g/mol. The summed E-state index contributed by atoms with van der Waals surface area (Å²) in [6.07, 6.45) is -0.0964. The van der Waals surface area contributed by atoms with E-state index in [1.807, 2.05) is 0 Å². The lowest BCUT2D eigenvalue weighted by Gasteiger charge is -1.94. The summed E-state index contributed by atoms with van der Waals surface area (Å²) >= 11 is 0. The van der Waals surface area contributed by atoms with Crippen LogP contribution in [0.3, 0.4) is 0 Å². The van der Waals surface area contributed by atoms with Gasteiger partial charge in [0.25, 0.3) is 0 Å². The maximum atomic E-state index is 10.2. The standard InChI is InChI=1S/C4H7N3O/c1-6-7-4(8)2-3-5/h6H,2H2,1H3,(H,7,8). The van der Waals surface area contributed by atoms with E-state index in [1.54, 1.807) is 13.1 Å². The maximum absolute atomic E-state index is 10.2. The van der Waals surface area contributed by atoms with Crippen molar-refractivity contribution < 1.29 is 4.79 Å². The molecule has 0 bridgehead atoms. The van der Waals surface area contributed by atoms with E-state index in [0.717, 1.165) is 0 Å². The van der Waals surface area contributed by atoms with Crippen molar-refractivity contribution in [3.63, 3.8) is 0 Å². The molecule has 4 heteroatoms. The number of carbonyl (C=O) groups excluding carboxylic acids is 1. The van der Waals surface area contributed by atoms with Crippen molar-refractivity contribution in [1.29, 1.82) is 5.26 Å². The minimum atomic E-state index is -0.310. The van der Waals surface area contributed by atoms with Gasteiger partial charge in [0.15, 0.2) is 0 Å². The maximum Gasteiger partial charge on any atom is 0.248 e. The predicted molar refractivity (Wildman–Crippen MR) is 27.4 cm³/mol. The van der Waals surface area contributed by atoms with Crippen molar-refractivity contribution in [2.24, 2.45) is 0 Å². The summed E-state index contributed by atoms with van der Waals surface area (Å²) in [4.78, 5) is 10.2. The van der Waals surface area contributed by atoms with Crippen molar-refractivity contribution in [3.05, 3.63) is 0 Å². The van der Waals surface area contributed by atoms with E-state index in [-0.39, 0.29) is 12.3 Å². The molecule has 0 rings (SSSR count). The minimum Gasteiger partial charge on any atom is -0.291 e. The van der Waals surface area contributed by atoms with Crippen LogP contribution in [0.15, 0.2) is 0 Å². The summed E-state index contributed by atoms with van der Waals surface area (Å²) in [6.45, 7) is 0. The molecular weight excluding hydrogens is 106 g/mol. The molecule has 0 aliphatic carbocycles. The van der Waals surface area contributed by atoms with Crippen molar-refractivity contribution in [2.75, 3.05) is 7.05 Å². The van der Waals surface area contributed by atoms with Gasteiger partial charge in [-0.1, -0.05) is 0 Å². The highest BCUT2D eigenvalue weighted by molar-refractivity contribution is 5.77. The molecule has 0 fully saturated rings. The number of rotatable bonds is 2. The Bertz CT molecular complexity index is 115. The van der Waals surface area contributed by atoms with Crippen molar-refractivity contribution in [1.82, 2.24) is 10.9 Å². The molecule has 0 spiro atoms.